The number of rotatable bonds is 8. The molecule has 2 aromatic heterocycles. The third kappa shape index (κ3) is 6.31. The van der Waals surface area contributed by atoms with Gasteiger partial charge in [0.05, 0.1) is 39.6 Å². The first-order valence-electron chi connectivity index (χ1n) is 26.1. The van der Waals surface area contributed by atoms with Crippen LogP contribution in [0.25, 0.3) is 120 Å². The molecule has 14 aromatic carbocycles. The van der Waals surface area contributed by atoms with Crippen molar-refractivity contribution < 1.29 is 4.42 Å². The highest BCUT2D eigenvalue weighted by Gasteiger charge is 2.28. The Morgan fingerprint density at radius 1 is 0.263 bits per heavy atom. The van der Waals surface area contributed by atoms with Crippen LogP contribution in [0.2, 0.25) is 0 Å². The van der Waals surface area contributed by atoms with Crippen LogP contribution in [-0.4, -0.2) is 4.98 Å². The van der Waals surface area contributed by atoms with Crippen LogP contribution in [0.4, 0.5) is 34.1 Å². The first-order valence-corrected chi connectivity index (χ1v) is 26.1. The van der Waals surface area contributed by atoms with Gasteiger partial charge in [-0.2, -0.15) is 0 Å². The Bertz CT molecular complexity index is 4640. The number of aromatic nitrogens is 1. The maximum Gasteiger partial charge on any atom is 0.159 e. The van der Waals surface area contributed by atoms with Crippen LogP contribution < -0.4 is 9.80 Å². The second kappa shape index (κ2) is 16.7. The van der Waals surface area contributed by atoms with Crippen molar-refractivity contribution in [3.8, 4) is 22.3 Å². The van der Waals surface area contributed by atoms with Gasteiger partial charge in [-0.25, -0.2) is 0 Å². The minimum absolute atomic E-state index is 0.844. The summed E-state index contributed by atoms with van der Waals surface area (Å²) in [5.41, 5.74) is 14.9. The van der Waals surface area contributed by atoms with E-state index in [1.54, 1.807) is 0 Å². The zero-order chi connectivity index (χ0) is 49.8. The number of H-pyrrole nitrogens is 1. The normalized spacial score (nSPS) is 11.9. The molecule has 4 heteroatoms. The Hall–Kier alpha value is -10.2. The molecule has 16 aromatic rings. The lowest BCUT2D eigenvalue weighted by Gasteiger charge is -2.31. The van der Waals surface area contributed by atoms with Crippen molar-refractivity contribution in [1.29, 1.82) is 0 Å². The maximum absolute atomic E-state index is 7.08. The molecule has 0 spiro atoms. The molecule has 1 N–H and O–H groups in total. The molecule has 16 rings (SSSR count). The summed E-state index contributed by atoms with van der Waals surface area (Å²) in [7, 11) is 0. The third-order valence-electron chi connectivity index (χ3n) is 15.9. The van der Waals surface area contributed by atoms with Gasteiger partial charge in [-0.1, -0.05) is 218 Å². The number of nitrogens with zero attached hydrogens (tertiary/aromatic N) is 2. The molecule has 4 nitrogen and oxygen atoms in total. The second-order valence-corrected chi connectivity index (χ2v) is 20.0. The molecule has 0 unspecified atom stereocenters. The summed E-state index contributed by atoms with van der Waals surface area (Å²) in [6.45, 7) is 0. The van der Waals surface area contributed by atoms with Gasteiger partial charge in [0.1, 0.15) is 5.58 Å². The Balaban J connectivity index is 0.981. The lowest BCUT2D eigenvalue weighted by Crippen LogP contribution is -2.13. The van der Waals surface area contributed by atoms with Gasteiger partial charge in [0, 0.05) is 49.0 Å². The Morgan fingerprint density at radius 3 is 1.36 bits per heavy atom. The monoisotopic (exact) mass is 967 g/mol. The molecule has 2 heterocycles. The molecular weight excluding hydrogens is 923 g/mol. The highest BCUT2D eigenvalue weighted by molar-refractivity contribution is 6.30. The van der Waals surface area contributed by atoms with E-state index in [4.69, 9.17) is 4.42 Å². The quantitative estimate of drug-likeness (QED) is 0.154. The zero-order valence-corrected chi connectivity index (χ0v) is 41.2. The Kier molecular flexibility index (Phi) is 9.30. The summed E-state index contributed by atoms with van der Waals surface area (Å²) in [5.74, 6) is 0. The van der Waals surface area contributed by atoms with Crippen molar-refractivity contribution in [3.05, 3.63) is 267 Å². The van der Waals surface area contributed by atoms with Crippen molar-refractivity contribution >= 4 is 132 Å². The number of nitrogens with one attached hydrogen (secondary N) is 1. The molecule has 0 aliphatic rings. The molecule has 354 valence electrons. The largest absolute Gasteiger partial charge is 0.454 e. The highest BCUT2D eigenvalue weighted by Crippen LogP contribution is 2.53. The number of aromatic amines is 1. The number of para-hydroxylation sites is 4. The van der Waals surface area contributed by atoms with E-state index in [0.29, 0.717) is 0 Å². The SMILES string of the molecule is c1ccc(-c2ccccc2N(c2ccc3ccc4c(N(c5ccccc5-c5ccccc5)c5cccc6c5oc5ccc7ccccc7c56)ccc5ccc2c3c54)c2cccc3c2[nH]c2ccc4ccccc4c23)cc1. The average Bonchev–Trinajstić information content (AvgIpc) is 4.25. The molecule has 0 atom stereocenters. The van der Waals surface area contributed by atoms with Crippen molar-refractivity contribution in [2.24, 2.45) is 0 Å². The topological polar surface area (TPSA) is 35.4 Å². The molecule has 0 radical (unpaired) electrons. The van der Waals surface area contributed by atoms with Gasteiger partial charge < -0.3 is 19.2 Å². The minimum atomic E-state index is 0.844. The summed E-state index contributed by atoms with van der Waals surface area (Å²) in [4.78, 5) is 8.91. The average molecular weight is 968 g/mol. The second-order valence-electron chi connectivity index (χ2n) is 20.0. The number of anilines is 6. The van der Waals surface area contributed by atoms with Crippen LogP contribution >= 0.6 is 0 Å². The summed E-state index contributed by atoms with van der Waals surface area (Å²) < 4.78 is 7.08. The molecule has 0 bridgehead atoms. The van der Waals surface area contributed by atoms with E-state index in [1.807, 2.05) is 0 Å². The molecule has 0 aliphatic heterocycles. The van der Waals surface area contributed by atoms with Crippen molar-refractivity contribution in [1.82, 2.24) is 4.98 Å². The predicted molar refractivity (Wildman–Crippen MR) is 322 cm³/mol. The van der Waals surface area contributed by atoms with Crippen molar-refractivity contribution in [2.75, 3.05) is 9.80 Å². The van der Waals surface area contributed by atoms with Crippen LogP contribution in [0, 0.1) is 0 Å². The fourth-order valence-electron chi connectivity index (χ4n) is 12.6. The Morgan fingerprint density at radius 2 is 0.724 bits per heavy atom. The van der Waals surface area contributed by atoms with E-state index in [-0.39, 0.29) is 0 Å². The van der Waals surface area contributed by atoms with Crippen LogP contribution in [0.3, 0.4) is 0 Å². The number of furan rings is 1. The standard InChI is InChI=1S/C72H45N3O/c1-3-17-45(18-4-1)51-23-11-13-29-60(51)74(64-31-15-27-57-69-53-25-9-7-21-47(53)35-41-59(69)73-71(57)64)62-42-36-49-34-40-56-63(43-37-50-33-39-55(62)67(49)68(50)56)75(61-30-14-12-24-52(61)46-19-5-2-6-20-46)65-32-16-28-58-70-54-26-10-8-22-48(54)38-44-66(70)76-72(58)65/h1-44,73H. The lowest BCUT2D eigenvalue weighted by molar-refractivity contribution is 0.669. The van der Waals surface area contributed by atoms with Crippen LogP contribution in [0.15, 0.2) is 271 Å². The molecule has 0 amide bonds. The maximum atomic E-state index is 7.08. The number of hydrogen-bond donors (Lipinski definition) is 1. The van der Waals surface area contributed by atoms with Gasteiger partial charge in [0.15, 0.2) is 5.58 Å². The molecule has 76 heavy (non-hydrogen) atoms. The first kappa shape index (κ1) is 42.4. The zero-order valence-electron chi connectivity index (χ0n) is 41.2. The molecular formula is C72H45N3O. The van der Waals surface area contributed by atoms with Gasteiger partial charge in [-0.3, -0.25) is 0 Å². The Labute approximate surface area is 437 Å². The van der Waals surface area contributed by atoms with E-state index >= 15 is 0 Å². The number of hydrogen-bond acceptors (Lipinski definition) is 3. The summed E-state index contributed by atoms with van der Waals surface area (Å²) >= 11 is 0. The van der Waals surface area contributed by atoms with Gasteiger partial charge in [-0.05, 0) is 103 Å². The van der Waals surface area contributed by atoms with Crippen molar-refractivity contribution in [3.63, 3.8) is 0 Å². The molecule has 0 aliphatic carbocycles. The molecule has 0 saturated carbocycles. The van der Waals surface area contributed by atoms with Crippen LogP contribution in [-0.2, 0) is 0 Å². The fraction of sp³-hybridized carbons (Fsp3) is 0. The van der Waals surface area contributed by atoms with E-state index < -0.39 is 0 Å². The lowest BCUT2D eigenvalue weighted by atomic mass is 9.91. The minimum Gasteiger partial charge on any atom is -0.454 e. The van der Waals surface area contributed by atoms with Gasteiger partial charge in [-0.15, -0.1) is 0 Å². The molecule has 0 saturated heterocycles. The van der Waals surface area contributed by atoms with Gasteiger partial charge in [0.25, 0.3) is 0 Å². The van der Waals surface area contributed by atoms with E-state index in [2.05, 4.69) is 282 Å². The van der Waals surface area contributed by atoms with E-state index in [1.165, 1.54) is 53.9 Å². The molecule has 0 fully saturated rings. The number of fused-ring (bicyclic) bond motifs is 10. The van der Waals surface area contributed by atoms with Gasteiger partial charge >= 0.3 is 0 Å². The first-order chi connectivity index (χ1) is 37.7. The fourth-order valence-corrected chi connectivity index (χ4v) is 12.6. The van der Waals surface area contributed by atoms with E-state index in [9.17, 15) is 0 Å². The van der Waals surface area contributed by atoms with Gasteiger partial charge in [0.2, 0.25) is 0 Å². The summed E-state index contributed by atoms with van der Waals surface area (Å²) in [6, 6.07) is 97.2. The van der Waals surface area contributed by atoms with Crippen LogP contribution in [0.1, 0.15) is 0 Å². The summed E-state index contributed by atoms with van der Waals surface area (Å²) in [5, 5.41) is 16.6. The summed E-state index contributed by atoms with van der Waals surface area (Å²) in [6.07, 6.45) is 0. The highest BCUT2D eigenvalue weighted by atomic mass is 16.3. The number of benzene rings is 14. The van der Waals surface area contributed by atoms with Crippen LogP contribution in [0.5, 0.6) is 0 Å². The third-order valence-corrected chi connectivity index (χ3v) is 15.9. The van der Waals surface area contributed by atoms with E-state index in [0.717, 1.165) is 100 Å². The predicted octanol–water partition coefficient (Wildman–Crippen LogP) is 20.7. The smallest absolute Gasteiger partial charge is 0.159 e. The van der Waals surface area contributed by atoms with Crippen molar-refractivity contribution in [2.45, 2.75) is 0 Å².